The highest BCUT2D eigenvalue weighted by molar-refractivity contribution is 7.85. The Labute approximate surface area is 186 Å². The molecule has 0 N–H and O–H groups in total. The van der Waals surface area contributed by atoms with Gasteiger partial charge in [0.05, 0.1) is 15.7 Å². The molecule has 0 radical (unpaired) electrons. The lowest BCUT2D eigenvalue weighted by Crippen LogP contribution is -2.44. The van der Waals surface area contributed by atoms with Crippen molar-refractivity contribution >= 4 is 19.1 Å². The van der Waals surface area contributed by atoms with E-state index in [0.29, 0.717) is 12.8 Å². The van der Waals surface area contributed by atoms with E-state index in [9.17, 15) is 4.21 Å². The minimum absolute atomic E-state index is 0.0806. The molecule has 4 heteroatoms. The second kappa shape index (κ2) is 9.48. The predicted molar refractivity (Wildman–Crippen MR) is 133 cm³/mol. The van der Waals surface area contributed by atoms with Crippen molar-refractivity contribution in [3.05, 3.63) is 77.9 Å². The molecule has 0 aliphatic rings. The van der Waals surface area contributed by atoms with Crippen LogP contribution in [0.25, 0.3) is 0 Å². The average Bonchev–Trinajstić information content (AvgIpc) is 2.67. The first kappa shape index (κ1) is 24.4. The van der Waals surface area contributed by atoms with Gasteiger partial charge >= 0.3 is 0 Å². The number of benzene rings is 2. The van der Waals surface area contributed by atoms with Gasteiger partial charge in [-0.2, -0.15) is 0 Å². The number of hydrogen-bond acceptors (Lipinski definition) is 2. The molecule has 2 nitrogen and oxygen atoms in total. The fourth-order valence-corrected chi connectivity index (χ4v) is 5.84. The van der Waals surface area contributed by atoms with Gasteiger partial charge in [0.2, 0.25) is 0 Å². The van der Waals surface area contributed by atoms with E-state index in [1.54, 1.807) is 0 Å². The van der Waals surface area contributed by atoms with Gasteiger partial charge in [-0.15, -0.1) is 13.2 Å². The Bertz CT molecular complexity index is 916. The summed E-state index contributed by atoms with van der Waals surface area (Å²) in [5, 5.41) is 0.0806. The zero-order valence-corrected chi connectivity index (χ0v) is 21.4. The minimum Gasteiger partial charge on any atom is -0.543 e. The van der Waals surface area contributed by atoms with Crippen molar-refractivity contribution in [2.45, 2.75) is 75.4 Å². The summed E-state index contributed by atoms with van der Waals surface area (Å²) < 4.78 is 20.5. The summed E-state index contributed by atoms with van der Waals surface area (Å²) in [6, 6.07) is 9.66. The van der Waals surface area contributed by atoms with Crippen LogP contribution < -0.4 is 4.43 Å². The lowest BCUT2D eigenvalue weighted by Gasteiger charge is -2.38. The maximum atomic E-state index is 13.6. The fraction of sp³-hybridized carbons (Fsp3) is 0.385. The number of allylic oxidation sites excluding steroid dienone is 2. The highest BCUT2D eigenvalue weighted by Crippen LogP contribution is 2.43. The largest absolute Gasteiger partial charge is 0.543 e. The molecule has 0 spiro atoms. The van der Waals surface area contributed by atoms with Crippen molar-refractivity contribution in [2.24, 2.45) is 0 Å². The topological polar surface area (TPSA) is 26.3 Å². The average molecular weight is 441 g/mol. The highest BCUT2D eigenvalue weighted by Gasteiger charge is 2.40. The van der Waals surface area contributed by atoms with Crippen molar-refractivity contribution in [1.82, 2.24) is 0 Å². The third-order valence-electron chi connectivity index (χ3n) is 6.14. The molecule has 0 amide bonds. The fourth-order valence-electron chi connectivity index (χ4n) is 3.33. The maximum Gasteiger partial charge on any atom is 0.250 e. The van der Waals surface area contributed by atoms with Crippen LogP contribution in [0.2, 0.25) is 18.1 Å². The molecule has 0 aliphatic carbocycles. The van der Waals surface area contributed by atoms with Crippen LogP contribution in [0.15, 0.2) is 65.4 Å². The first-order valence-corrected chi connectivity index (χ1v) is 14.5. The van der Waals surface area contributed by atoms with Gasteiger partial charge in [-0.05, 0) is 68.1 Å². The summed E-state index contributed by atoms with van der Waals surface area (Å²) in [5.41, 5.74) is 4.26. The maximum absolute atomic E-state index is 13.6. The molecule has 1 unspecified atom stereocenters. The molecule has 2 aromatic carbocycles. The van der Waals surface area contributed by atoms with E-state index >= 15 is 0 Å². The van der Waals surface area contributed by atoms with Gasteiger partial charge in [0.15, 0.2) is 0 Å². The molecule has 0 saturated carbocycles. The molecule has 0 saturated heterocycles. The van der Waals surface area contributed by atoms with Crippen molar-refractivity contribution in [3.63, 3.8) is 0 Å². The Kier molecular flexibility index (Phi) is 7.70. The van der Waals surface area contributed by atoms with Crippen LogP contribution in [0.1, 0.15) is 43.0 Å². The number of rotatable bonds is 8. The molecule has 1 atom stereocenters. The lowest BCUT2D eigenvalue weighted by molar-refractivity contribution is 0.482. The van der Waals surface area contributed by atoms with E-state index in [4.69, 9.17) is 4.43 Å². The molecule has 0 fully saturated rings. The van der Waals surface area contributed by atoms with E-state index in [1.807, 2.05) is 42.5 Å². The zero-order chi connectivity index (χ0) is 22.7. The van der Waals surface area contributed by atoms with Crippen LogP contribution >= 0.6 is 0 Å². The molecule has 0 aliphatic heterocycles. The second-order valence-corrected chi connectivity index (χ2v) is 15.4. The predicted octanol–water partition coefficient (Wildman–Crippen LogP) is 7.31. The standard InChI is InChI=1S/C26H36O2SSi/c1-10-15-22-19(3)25(29(27)21-17-13-12-14-18-21)20(4)23(16-11-2)24(22)28-30(8,9)26(5,6)7/h10-14,17-18H,1-2,15-16H2,3-9H3. The third kappa shape index (κ3) is 4.87. The zero-order valence-electron chi connectivity index (χ0n) is 19.6. The van der Waals surface area contributed by atoms with Gasteiger partial charge in [-0.3, -0.25) is 0 Å². The smallest absolute Gasteiger partial charge is 0.250 e. The lowest BCUT2D eigenvalue weighted by atomic mass is 9.94. The van der Waals surface area contributed by atoms with E-state index in [0.717, 1.165) is 37.8 Å². The van der Waals surface area contributed by atoms with E-state index < -0.39 is 19.1 Å². The Hall–Kier alpha value is -1.91. The Morgan fingerprint density at radius 3 is 1.83 bits per heavy atom. The molecule has 0 heterocycles. The molecule has 0 aromatic heterocycles. The molecule has 2 aromatic rings. The Balaban J connectivity index is 2.82. The molecule has 0 bridgehead atoms. The molecule has 162 valence electrons. The second-order valence-electron chi connectivity index (χ2n) is 9.30. The SMILES string of the molecule is C=CCc1c(C)c(S(=O)c2ccccc2)c(C)c(CC=C)c1O[Si](C)(C)C(C)(C)C. The Morgan fingerprint density at radius 2 is 1.43 bits per heavy atom. The van der Waals surface area contributed by atoms with E-state index in [2.05, 4.69) is 60.9 Å². The van der Waals surface area contributed by atoms with Gasteiger partial charge < -0.3 is 4.43 Å². The van der Waals surface area contributed by atoms with Crippen LogP contribution in [0, 0.1) is 13.8 Å². The summed E-state index contributed by atoms with van der Waals surface area (Å²) in [7, 11) is -3.32. The van der Waals surface area contributed by atoms with E-state index in [-0.39, 0.29) is 5.04 Å². The molecular formula is C26H36O2SSi. The van der Waals surface area contributed by atoms with Crippen molar-refractivity contribution in [1.29, 1.82) is 0 Å². The van der Waals surface area contributed by atoms with Gasteiger partial charge in [0.25, 0.3) is 8.32 Å². The first-order chi connectivity index (χ1) is 14.0. The summed E-state index contributed by atoms with van der Waals surface area (Å²) in [4.78, 5) is 1.70. The van der Waals surface area contributed by atoms with Crippen molar-refractivity contribution < 1.29 is 8.63 Å². The van der Waals surface area contributed by atoms with Crippen LogP contribution in [-0.4, -0.2) is 12.5 Å². The first-order valence-electron chi connectivity index (χ1n) is 10.5. The van der Waals surface area contributed by atoms with E-state index in [1.165, 1.54) is 0 Å². The summed E-state index contributed by atoms with van der Waals surface area (Å²) >= 11 is 0. The summed E-state index contributed by atoms with van der Waals surface area (Å²) in [6.45, 7) is 23.4. The summed E-state index contributed by atoms with van der Waals surface area (Å²) in [5.74, 6) is 0.949. The highest BCUT2D eigenvalue weighted by atomic mass is 32.2. The minimum atomic E-state index is -2.07. The quantitative estimate of drug-likeness (QED) is 0.318. The van der Waals surface area contributed by atoms with Crippen molar-refractivity contribution in [2.75, 3.05) is 0 Å². The van der Waals surface area contributed by atoms with Crippen LogP contribution in [-0.2, 0) is 23.6 Å². The molecule has 30 heavy (non-hydrogen) atoms. The molecular weight excluding hydrogens is 404 g/mol. The van der Waals surface area contributed by atoms with Crippen LogP contribution in [0.4, 0.5) is 0 Å². The Morgan fingerprint density at radius 1 is 0.967 bits per heavy atom. The normalized spacial score (nSPS) is 13.0. The van der Waals surface area contributed by atoms with Gasteiger partial charge in [0.1, 0.15) is 5.75 Å². The third-order valence-corrected chi connectivity index (χ3v) is 12.1. The monoisotopic (exact) mass is 440 g/mol. The van der Waals surface area contributed by atoms with Crippen molar-refractivity contribution in [3.8, 4) is 5.75 Å². The van der Waals surface area contributed by atoms with Gasteiger partial charge in [-0.25, -0.2) is 4.21 Å². The number of hydrogen-bond donors (Lipinski definition) is 0. The van der Waals surface area contributed by atoms with Crippen LogP contribution in [0.3, 0.4) is 0 Å². The summed E-state index contributed by atoms with van der Waals surface area (Å²) in [6.07, 6.45) is 5.17. The molecule has 2 rings (SSSR count). The van der Waals surface area contributed by atoms with Gasteiger partial charge in [0, 0.05) is 16.0 Å². The van der Waals surface area contributed by atoms with Crippen LogP contribution in [0.5, 0.6) is 5.75 Å². The van der Waals surface area contributed by atoms with Gasteiger partial charge in [-0.1, -0.05) is 51.1 Å².